The monoisotopic (exact) mass is 413 g/mol. The summed E-state index contributed by atoms with van der Waals surface area (Å²) >= 11 is 0. The summed E-state index contributed by atoms with van der Waals surface area (Å²) in [5, 5.41) is 10.9. The predicted molar refractivity (Wildman–Crippen MR) is 107 cm³/mol. The van der Waals surface area contributed by atoms with Gasteiger partial charge in [0, 0.05) is 26.2 Å². The van der Waals surface area contributed by atoms with Gasteiger partial charge >= 0.3 is 5.97 Å². The van der Waals surface area contributed by atoms with E-state index in [0.29, 0.717) is 31.9 Å². The molecule has 156 valence electrons. The molecule has 1 aliphatic heterocycles. The lowest BCUT2D eigenvalue weighted by Gasteiger charge is -2.35. The molecule has 1 aromatic rings. The number of rotatable bonds is 8. The van der Waals surface area contributed by atoms with E-state index in [1.54, 1.807) is 11.8 Å². The van der Waals surface area contributed by atoms with Crippen LogP contribution in [0.5, 0.6) is 5.75 Å². The van der Waals surface area contributed by atoms with Crippen molar-refractivity contribution in [2.45, 2.75) is 26.4 Å². The van der Waals surface area contributed by atoms with Gasteiger partial charge in [0.15, 0.2) is 6.10 Å². The number of hydrogen-bond acceptors (Lipinski definition) is 5. The molecule has 1 aromatic carbocycles. The van der Waals surface area contributed by atoms with E-state index in [2.05, 4.69) is 12.2 Å². The van der Waals surface area contributed by atoms with Crippen LogP contribution in [0.2, 0.25) is 0 Å². The smallest absolute Gasteiger partial charge is 0.322 e. The number of halogens is 1. The number of ether oxygens (including phenoxy) is 1. The van der Waals surface area contributed by atoms with Gasteiger partial charge in [-0.05, 0) is 31.0 Å². The predicted octanol–water partition coefficient (Wildman–Crippen LogP) is 0.783. The largest absolute Gasteiger partial charge is 0.481 e. The molecule has 0 aromatic heterocycles. The van der Waals surface area contributed by atoms with Gasteiger partial charge < -0.3 is 20.1 Å². The summed E-state index contributed by atoms with van der Waals surface area (Å²) in [4.78, 5) is 38.3. The number of carbonyl (C=O) groups is 3. The molecule has 28 heavy (non-hydrogen) atoms. The standard InChI is InChI=1S/C19H27N3O5.ClH/c1-3-15-4-6-16(7-5-15)27-14(2)19(26)22-10-8-21(9-11-22)13-17(23)20-12-18(24)25;/h4-7,14H,3,8-13H2,1-2H3,(H,20,23)(H,24,25);1H. The number of aryl methyl sites for hydroxylation is 1. The van der Waals surface area contributed by atoms with E-state index in [9.17, 15) is 14.4 Å². The number of piperazine rings is 1. The SMILES string of the molecule is CCc1ccc(OC(C)C(=O)N2CCN(CC(=O)NCC(=O)O)CC2)cc1.Cl. The molecule has 0 aliphatic carbocycles. The van der Waals surface area contributed by atoms with E-state index in [1.807, 2.05) is 29.2 Å². The minimum atomic E-state index is -1.07. The number of benzene rings is 1. The maximum Gasteiger partial charge on any atom is 0.322 e. The quantitative estimate of drug-likeness (QED) is 0.653. The van der Waals surface area contributed by atoms with E-state index >= 15 is 0 Å². The average Bonchev–Trinajstić information content (AvgIpc) is 2.67. The van der Waals surface area contributed by atoms with Crippen LogP contribution in [0.15, 0.2) is 24.3 Å². The molecule has 1 atom stereocenters. The molecule has 1 saturated heterocycles. The molecular formula is C19H28ClN3O5. The van der Waals surface area contributed by atoms with Crippen LogP contribution in [0.4, 0.5) is 0 Å². The van der Waals surface area contributed by atoms with Crippen LogP contribution in [0, 0.1) is 0 Å². The molecule has 1 unspecified atom stereocenters. The number of amides is 2. The Hall–Kier alpha value is -2.32. The molecule has 0 radical (unpaired) electrons. The number of nitrogens with zero attached hydrogens (tertiary/aromatic N) is 2. The van der Waals surface area contributed by atoms with E-state index in [1.165, 1.54) is 5.56 Å². The van der Waals surface area contributed by atoms with Crippen LogP contribution < -0.4 is 10.1 Å². The van der Waals surface area contributed by atoms with Gasteiger partial charge in [-0.3, -0.25) is 19.3 Å². The molecule has 0 bridgehead atoms. The molecule has 2 rings (SSSR count). The highest BCUT2D eigenvalue weighted by atomic mass is 35.5. The van der Waals surface area contributed by atoms with Gasteiger partial charge in [0.25, 0.3) is 5.91 Å². The fourth-order valence-corrected chi connectivity index (χ4v) is 2.87. The Labute approximate surface area is 171 Å². The minimum Gasteiger partial charge on any atom is -0.481 e. The van der Waals surface area contributed by atoms with Crippen molar-refractivity contribution in [2.24, 2.45) is 0 Å². The zero-order valence-corrected chi connectivity index (χ0v) is 17.0. The van der Waals surface area contributed by atoms with Gasteiger partial charge in [0.05, 0.1) is 6.54 Å². The van der Waals surface area contributed by atoms with Crippen molar-refractivity contribution < 1.29 is 24.2 Å². The normalized spacial score (nSPS) is 15.3. The third-order valence-corrected chi connectivity index (χ3v) is 4.48. The number of carboxylic acids is 1. The third-order valence-electron chi connectivity index (χ3n) is 4.48. The summed E-state index contributed by atoms with van der Waals surface area (Å²) in [5.41, 5.74) is 1.21. The van der Waals surface area contributed by atoms with Crippen molar-refractivity contribution in [2.75, 3.05) is 39.3 Å². The number of hydrogen-bond donors (Lipinski definition) is 2. The molecule has 0 spiro atoms. The molecule has 8 nitrogen and oxygen atoms in total. The molecular weight excluding hydrogens is 386 g/mol. The summed E-state index contributed by atoms with van der Waals surface area (Å²) in [6.07, 6.45) is 0.371. The van der Waals surface area contributed by atoms with E-state index < -0.39 is 12.1 Å². The highest BCUT2D eigenvalue weighted by Crippen LogP contribution is 2.15. The Morgan fingerprint density at radius 3 is 2.29 bits per heavy atom. The lowest BCUT2D eigenvalue weighted by atomic mass is 10.2. The third kappa shape index (κ3) is 7.36. The highest BCUT2D eigenvalue weighted by molar-refractivity contribution is 5.85. The van der Waals surface area contributed by atoms with Crippen LogP contribution in [0.25, 0.3) is 0 Å². The Bertz CT molecular complexity index is 660. The summed E-state index contributed by atoms with van der Waals surface area (Å²) in [6.45, 7) is 5.70. The summed E-state index contributed by atoms with van der Waals surface area (Å²) in [6, 6.07) is 7.72. The van der Waals surface area contributed by atoms with Gasteiger partial charge in [0.1, 0.15) is 12.3 Å². The fourth-order valence-electron chi connectivity index (χ4n) is 2.87. The molecule has 0 saturated carbocycles. The summed E-state index contributed by atoms with van der Waals surface area (Å²) in [7, 11) is 0. The van der Waals surface area contributed by atoms with Crippen molar-refractivity contribution in [3.8, 4) is 5.75 Å². The zero-order valence-electron chi connectivity index (χ0n) is 16.2. The van der Waals surface area contributed by atoms with Crippen LogP contribution >= 0.6 is 12.4 Å². The maximum absolute atomic E-state index is 12.6. The van der Waals surface area contributed by atoms with Gasteiger partial charge in [0.2, 0.25) is 5.91 Å². The van der Waals surface area contributed by atoms with Crippen LogP contribution in [0.3, 0.4) is 0 Å². The van der Waals surface area contributed by atoms with Crippen molar-refractivity contribution in [1.29, 1.82) is 0 Å². The zero-order chi connectivity index (χ0) is 19.8. The first-order valence-electron chi connectivity index (χ1n) is 9.14. The second kappa shape index (κ2) is 11.5. The van der Waals surface area contributed by atoms with Gasteiger partial charge in [-0.25, -0.2) is 0 Å². The van der Waals surface area contributed by atoms with Crippen LogP contribution in [-0.2, 0) is 20.8 Å². The second-order valence-electron chi connectivity index (χ2n) is 6.53. The van der Waals surface area contributed by atoms with Crippen LogP contribution in [0.1, 0.15) is 19.4 Å². The van der Waals surface area contributed by atoms with E-state index in [0.717, 1.165) is 6.42 Å². The number of aliphatic carboxylic acids is 1. The molecule has 1 heterocycles. The number of nitrogens with one attached hydrogen (secondary N) is 1. The van der Waals surface area contributed by atoms with Crippen molar-refractivity contribution in [3.63, 3.8) is 0 Å². The number of carboxylic acid groups (broad SMARTS) is 1. The first-order valence-corrected chi connectivity index (χ1v) is 9.14. The molecule has 9 heteroatoms. The lowest BCUT2D eigenvalue weighted by Crippen LogP contribution is -2.53. The van der Waals surface area contributed by atoms with E-state index in [-0.39, 0.29) is 37.3 Å². The Balaban J connectivity index is 0.00000392. The highest BCUT2D eigenvalue weighted by Gasteiger charge is 2.26. The topological polar surface area (TPSA) is 99.2 Å². The number of carbonyl (C=O) groups excluding carboxylic acids is 2. The Morgan fingerprint density at radius 2 is 1.75 bits per heavy atom. The fraction of sp³-hybridized carbons (Fsp3) is 0.526. The average molecular weight is 414 g/mol. The molecule has 2 N–H and O–H groups in total. The van der Waals surface area contributed by atoms with Crippen molar-refractivity contribution >= 4 is 30.2 Å². The second-order valence-corrected chi connectivity index (χ2v) is 6.53. The van der Waals surface area contributed by atoms with Crippen molar-refractivity contribution in [3.05, 3.63) is 29.8 Å². The van der Waals surface area contributed by atoms with Crippen molar-refractivity contribution in [1.82, 2.24) is 15.1 Å². The van der Waals surface area contributed by atoms with Crippen LogP contribution in [-0.4, -0.2) is 78.1 Å². The Morgan fingerprint density at radius 1 is 1.14 bits per heavy atom. The molecule has 1 aliphatic rings. The summed E-state index contributed by atoms with van der Waals surface area (Å²) in [5.74, 6) is -0.812. The van der Waals surface area contributed by atoms with Gasteiger partial charge in [-0.2, -0.15) is 0 Å². The minimum absolute atomic E-state index is 0. The summed E-state index contributed by atoms with van der Waals surface area (Å²) < 4.78 is 5.75. The Kier molecular flexibility index (Phi) is 9.75. The van der Waals surface area contributed by atoms with Gasteiger partial charge in [-0.15, -0.1) is 12.4 Å². The maximum atomic E-state index is 12.6. The van der Waals surface area contributed by atoms with E-state index in [4.69, 9.17) is 9.84 Å². The van der Waals surface area contributed by atoms with Gasteiger partial charge in [-0.1, -0.05) is 19.1 Å². The first-order chi connectivity index (χ1) is 12.9. The molecule has 2 amide bonds. The molecule has 1 fully saturated rings. The lowest BCUT2D eigenvalue weighted by molar-refractivity contribution is -0.140. The first kappa shape index (κ1) is 23.7.